The first-order chi connectivity index (χ1) is 16.2. The van der Waals surface area contributed by atoms with Crippen LogP contribution in [0.3, 0.4) is 0 Å². The number of nitrogens with one attached hydrogen (secondary N) is 1. The first-order valence-electron chi connectivity index (χ1n) is 10.9. The van der Waals surface area contributed by atoms with Crippen LogP contribution in [0.25, 0.3) is 0 Å². The molecule has 34 heavy (non-hydrogen) atoms. The van der Waals surface area contributed by atoms with Gasteiger partial charge in [0.2, 0.25) is 15.2 Å². The molecular formula is C22H28FN3O6S2. The number of urea groups is 1. The van der Waals surface area contributed by atoms with Gasteiger partial charge in [-0.05, 0) is 37.7 Å². The highest BCUT2D eigenvalue weighted by atomic mass is 32.2. The largest absolute Gasteiger partial charge is 0.479 e. The van der Waals surface area contributed by atoms with E-state index in [0.29, 0.717) is 24.3 Å². The number of sulfone groups is 1. The Morgan fingerprint density at radius 3 is 2.62 bits per heavy atom. The van der Waals surface area contributed by atoms with Gasteiger partial charge in [-0.25, -0.2) is 22.4 Å². The van der Waals surface area contributed by atoms with Gasteiger partial charge in [0.1, 0.15) is 10.0 Å². The second kappa shape index (κ2) is 11.7. The summed E-state index contributed by atoms with van der Waals surface area (Å²) in [5, 5.41) is 9.60. The van der Waals surface area contributed by atoms with Gasteiger partial charge in [-0.15, -0.1) is 11.3 Å². The van der Waals surface area contributed by atoms with Crippen LogP contribution in [0.4, 0.5) is 9.18 Å². The Labute approximate surface area is 201 Å². The number of hydrogen-bond donors (Lipinski definition) is 2. The number of carbonyl (C=O) groups is 2. The van der Waals surface area contributed by atoms with Crippen LogP contribution in [-0.4, -0.2) is 60.0 Å². The smallest absolute Gasteiger partial charge is 0.342 e. The number of nitrogens with zero attached hydrogens (tertiary/aromatic N) is 2. The van der Waals surface area contributed by atoms with Crippen molar-refractivity contribution in [1.82, 2.24) is 15.2 Å². The first-order valence-corrected chi connectivity index (χ1v) is 13.4. The van der Waals surface area contributed by atoms with Crippen molar-refractivity contribution in [2.45, 2.75) is 54.8 Å². The summed E-state index contributed by atoms with van der Waals surface area (Å²) in [6.07, 6.45) is 4.26. The maximum absolute atomic E-state index is 13.8. The highest BCUT2D eigenvalue weighted by molar-refractivity contribution is 7.94. The molecule has 1 unspecified atom stereocenters. The highest BCUT2D eigenvalue weighted by Crippen LogP contribution is 2.27. The van der Waals surface area contributed by atoms with E-state index < -0.39 is 33.0 Å². The number of carboxylic acids is 1. The Morgan fingerprint density at radius 2 is 2.00 bits per heavy atom. The van der Waals surface area contributed by atoms with Crippen molar-refractivity contribution < 1.29 is 32.2 Å². The van der Waals surface area contributed by atoms with E-state index in [1.165, 1.54) is 16.5 Å². The number of ether oxygens (including phenoxy) is 1. The molecule has 1 aliphatic rings. The summed E-state index contributed by atoms with van der Waals surface area (Å²) in [7, 11) is -4.37. The average Bonchev–Trinajstić information content (AvgIpc) is 3.35. The van der Waals surface area contributed by atoms with Gasteiger partial charge in [0, 0.05) is 18.2 Å². The number of carbonyl (C=O) groups excluding carboxylic acids is 1. The topological polar surface area (TPSA) is 126 Å². The summed E-state index contributed by atoms with van der Waals surface area (Å²) in [6, 6.07) is 5.22. The molecule has 1 aromatic carbocycles. The van der Waals surface area contributed by atoms with E-state index in [1.54, 1.807) is 18.2 Å². The minimum absolute atomic E-state index is 0.0152. The molecular weight excluding hydrogens is 485 g/mol. The molecule has 0 saturated heterocycles. The zero-order valence-electron chi connectivity index (χ0n) is 18.7. The van der Waals surface area contributed by atoms with Gasteiger partial charge in [-0.2, -0.15) is 0 Å². The molecule has 1 aromatic heterocycles. The first kappa shape index (κ1) is 26.0. The fourth-order valence-electron chi connectivity index (χ4n) is 3.89. The van der Waals surface area contributed by atoms with Gasteiger partial charge in [0.05, 0.1) is 24.9 Å². The summed E-state index contributed by atoms with van der Waals surface area (Å²) in [5.41, 5.74) is 1.65. The van der Waals surface area contributed by atoms with Crippen molar-refractivity contribution >= 4 is 33.2 Å². The van der Waals surface area contributed by atoms with Gasteiger partial charge < -0.3 is 20.1 Å². The molecule has 2 amide bonds. The third-order valence-electron chi connectivity index (χ3n) is 5.86. The van der Waals surface area contributed by atoms with Crippen molar-refractivity contribution in [2.24, 2.45) is 5.92 Å². The fraction of sp³-hybridized carbons (Fsp3) is 0.500. The minimum atomic E-state index is -4.37. The van der Waals surface area contributed by atoms with E-state index in [0.717, 1.165) is 30.4 Å². The van der Waals surface area contributed by atoms with Crippen LogP contribution in [0.1, 0.15) is 38.2 Å². The van der Waals surface area contributed by atoms with Crippen LogP contribution in [0.15, 0.2) is 40.2 Å². The molecule has 0 bridgehead atoms. The molecule has 1 fully saturated rings. The van der Waals surface area contributed by atoms with Crippen LogP contribution >= 0.6 is 11.3 Å². The Bertz CT molecular complexity index is 1070. The zero-order valence-corrected chi connectivity index (χ0v) is 20.4. The Morgan fingerprint density at radius 1 is 1.29 bits per heavy atom. The van der Waals surface area contributed by atoms with Crippen LogP contribution in [0, 0.1) is 11.7 Å². The number of amides is 2. The van der Waals surface area contributed by atoms with E-state index in [9.17, 15) is 27.5 Å². The lowest BCUT2D eigenvalue weighted by molar-refractivity contribution is -0.137. The molecule has 12 heteroatoms. The number of rotatable bonds is 10. The normalized spacial score (nSPS) is 19.4. The molecule has 2 N–H and O–H groups in total. The Balaban J connectivity index is 1.70. The standard InChI is InChI=1S/C22H28FN3O6S2/c1-15-6-8-17(9-7-15)26(10-11-32-13-16-4-2-3-5-18(16)23)22(29)25-20(21(27)28)34(30,31)19-12-24-14-33-19/h2-5,12,14-15,17,20H,6-11,13H2,1H3,(H,25,29)(H,27,28). The number of thiazole rings is 1. The van der Waals surface area contributed by atoms with Crippen LogP contribution in [0.5, 0.6) is 0 Å². The number of hydrogen-bond acceptors (Lipinski definition) is 7. The van der Waals surface area contributed by atoms with E-state index in [1.807, 2.05) is 0 Å². The summed E-state index contributed by atoms with van der Waals surface area (Å²) in [6.45, 7) is 2.32. The van der Waals surface area contributed by atoms with Crippen molar-refractivity contribution in [3.8, 4) is 0 Å². The quantitative estimate of drug-likeness (QED) is 0.467. The molecule has 9 nitrogen and oxygen atoms in total. The van der Waals surface area contributed by atoms with Gasteiger partial charge in [-0.3, -0.25) is 4.98 Å². The summed E-state index contributed by atoms with van der Waals surface area (Å²) < 4.78 is 44.6. The van der Waals surface area contributed by atoms with E-state index in [-0.39, 0.29) is 30.0 Å². The molecule has 1 atom stereocenters. The molecule has 0 radical (unpaired) electrons. The van der Waals surface area contributed by atoms with Crippen molar-refractivity contribution in [1.29, 1.82) is 0 Å². The second-order valence-electron chi connectivity index (χ2n) is 8.28. The van der Waals surface area contributed by atoms with E-state index in [2.05, 4.69) is 17.2 Å². The summed E-state index contributed by atoms with van der Waals surface area (Å²) in [4.78, 5) is 30.0. The number of benzene rings is 1. The lowest BCUT2D eigenvalue weighted by Crippen LogP contribution is -2.55. The monoisotopic (exact) mass is 513 g/mol. The maximum Gasteiger partial charge on any atom is 0.342 e. The summed E-state index contributed by atoms with van der Waals surface area (Å²) in [5.74, 6) is -1.57. The SMILES string of the molecule is CC1CCC(N(CCOCc2ccccc2F)C(=O)NC(C(=O)O)S(=O)(=O)c2cncs2)CC1. The van der Waals surface area contributed by atoms with Gasteiger partial charge in [0.15, 0.2) is 0 Å². The van der Waals surface area contributed by atoms with Crippen molar-refractivity contribution in [2.75, 3.05) is 13.2 Å². The van der Waals surface area contributed by atoms with E-state index in [4.69, 9.17) is 4.74 Å². The number of halogens is 1. The number of aliphatic carboxylic acids is 1. The number of aromatic nitrogens is 1. The van der Waals surface area contributed by atoms with Crippen LogP contribution in [0.2, 0.25) is 0 Å². The number of carboxylic acid groups (broad SMARTS) is 1. The molecule has 0 spiro atoms. The maximum atomic E-state index is 13.8. The fourth-order valence-corrected chi connectivity index (χ4v) is 6.16. The highest BCUT2D eigenvalue weighted by Gasteiger charge is 2.38. The van der Waals surface area contributed by atoms with Crippen LogP contribution < -0.4 is 5.32 Å². The van der Waals surface area contributed by atoms with Gasteiger partial charge in [0.25, 0.3) is 0 Å². The lowest BCUT2D eigenvalue weighted by atomic mass is 9.86. The molecule has 1 aliphatic carbocycles. The molecule has 1 saturated carbocycles. The predicted octanol–water partition coefficient (Wildman–Crippen LogP) is 3.27. The van der Waals surface area contributed by atoms with Gasteiger partial charge in [-0.1, -0.05) is 25.1 Å². The second-order valence-corrected chi connectivity index (χ2v) is 11.4. The third kappa shape index (κ3) is 6.51. The molecule has 186 valence electrons. The van der Waals surface area contributed by atoms with E-state index >= 15 is 0 Å². The lowest BCUT2D eigenvalue weighted by Gasteiger charge is -2.36. The molecule has 2 aromatic rings. The zero-order chi connectivity index (χ0) is 24.7. The molecule has 0 aliphatic heterocycles. The Hall–Kier alpha value is -2.57. The third-order valence-corrected chi connectivity index (χ3v) is 9.01. The Kier molecular flexibility index (Phi) is 8.97. The molecule has 3 rings (SSSR count). The van der Waals surface area contributed by atoms with Crippen LogP contribution in [-0.2, 0) is 26.0 Å². The minimum Gasteiger partial charge on any atom is -0.479 e. The van der Waals surface area contributed by atoms with Crippen molar-refractivity contribution in [3.05, 3.63) is 47.4 Å². The van der Waals surface area contributed by atoms with Crippen molar-refractivity contribution in [3.63, 3.8) is 0 Å². The summed E-state index contributed by atoms with van der Waals surface area (Å²) >= 11 is 0.777. The average molecular weight is 514 g/mol. The van der Waals surface area contributed by atoms with Gasteiger partial charge >= 0.3 is 12.0 Å². The molecule has 1 heterocycles. The predicted molar refractivity (Wildman–Crippen MR) is 123 cm³/mol.